The highest BCUT2D eigenvalue weighted by Gasteiger charge is 2.08. The van der Waals surface area contributed by atoms with Gasteiger partial charge in [0.15, 0.2) is 0 Å². The van der Waals surface area contributed by atoms with Gasteiger partial charge in [-0.25, -0.2) is 0 Å². The Hall–Kier alpha value is -0.0400. The van der Waals surface area contributed by atoms with Gasteiger partial charge in [0.25, 0.3) is 0 Å². The van der Waals surface area contributed by atoms with Crippen LogP contribution >= 0.6 is 0 Å². The fraction of sp³-hybridized carbons (Fsp3) is 1.00. The molecule has 0 radical (unpaired) electrons. The Balaban J connectivity index is 3.33. The molecule has 0 spiro atoms. The maximum Gasteiger partial charge on any atom is 0.00618 e. The van der Waals surface area contributed by atoms with E-state index in [1.165, 1.54) is 32.1 Å². The third-order valence-electron chi connectivity index (χ3n) is 2.87. The molecule has 0 saturated carbocycles. The lowest BCUT2D eigenvalue weighted by Crippen LogP contribution is -2.26. The third-order valence-corrected chi connectivity index (χ3v) is 2.87. The maximum absolute atomic E-state index is 5.98. The number of hydrogen-bond acceptors (Lipinski definition) is 1. The van der Waals surface area contributed by atoms with Crippen molar-refractivity contribution in [3.05, 3.63) is 0 Å². The molecule has 0 heterocycles. The molecule has 0 aliphatic rings. The monoisotopic (exact) mass is 185 g/mol. The van der Waals surface area contributed by atoms with Crippen molar-refractivity contribution in [2.45, 2.75) is 65.8 Å². The molecule has 0 amide bonds. The van der Waals surface area contributed by atoms with Crippen LogP contribution in [0.2, 0.25) is 0 Å². The number of rotatable bonds is 7. The standard InChI is InChI=1S/C12H27N/c1-5-7-11(4)8-6-9-12(13)10(2)3/h10-12H,5-9,13H2,1-4H3. The second kappa shape index (κ2) is 7.37. The smallest absolute Gasteiger partial charge is 0.00618 e. The molecule has 0 fully saturated rings. The Morgan fingerprint density at radius 1 is 1.00 bits per heavy atom. The van der Waals surface area contributed by atoms with Crippen LogP contribution in [0.5, 0.6) is 0 Å². The van der Waals surface area contributed by atoms with Crippen LogP contribution in [0.25, 0.3) is 0 Å². The SMILES string of the molecule is CCCC(C)CCCC(N)C(C)C. The summed E-state index contributed by atoms with van der Waals surface area (Å²) in [4.78, 5) is 0. The zero-order valence-corrected chi connectivity index (χ0v) is 9.84. The molecule has 1 heteroatoms. The lowest BCUT2D eigenvalue weighted by molar-refractivity contribution is 0.404. The zero-order chi connectivity index (χ0) is 10.3. The first kappa shape index (κ1) is 13.0. The first-order chi connectivity index (χ1) is 6.07. The van der Waals surface area contributed by atoms with Crippen LogP contribution in [-0.4, -0.2) is 6.04 Å². The van der Waals surface area contributed by atoms with Crippen molar-refractivity contribution in [2.24, 2.45) is 17.6 Å². The normalized spacial score (nSPS) is 16.2. The molecular formula is C12H27N. The van der Waals surface area contributed by atoms with E-state index in [1.807, 2.05) is 0 Å². The molecule has 0 rings (SSSR count). The highest BCUT2D eigenvalue weighted by molar-refractivity contribution is 4.65. The largest absolute Gasteiger partial charge is 0.327 e. The highest BCUT2D eigenvalue weighted by Crippen LogP contribution is 2.15. The van der Waals surface area contributed by atoms with E-state index < -0.39 is 0 Å². The molecule has 2 atom stereocenters. The molecule has 0 aromatic carbocycles. The van der Waals surface area contributed by atoms with Gasteiger partial charge in [0, 0.05) is 6.04 Å². The van der Waals surface area contributed by atoms with E-state index in [4.69, 9.17) is 5.73 Å². The Labute approximate surface area is 84.1 Å². The molecule has 2 unspecified atom stereocenters. The summed E-state index contributed by atoms with van der Waals surface area (Å²) in [6.07, 6.45) is 6.55. The van der Waals surface area contributed by atoms with Crippen molar-refractivity contribution in [1.82, 2.24) is 0 Å². The molecule has 0 aliphatic carbocycles. The van der Waals surface area contributed by atoms with Crippen LogP contribution < -0.4 is 5.73 Å². The summed E-state index contributed by atoms with van der Waals surface area (Å²) in [5.74, 6) is 1.53. The molecule has 0 saturated heterocycles. The molecule has 0 aromatic heterocycles. The quantitative estimate of drug-likeness (QED) is 0.644. The summed E-state index contributed by atoms with van der Waals surface area (Å²) in [5, 5.41) is 0. The minimum Gasteiger partial charge on any atom is -0.327 e. The van der Waals surface area contributed by atoms with E-state index in [-0.39, 0.29) is 0 Å². The van der Waals surface area contributed by atoms with Crippen molar-refractivity contribution >= 4 is 0 Å². The summed E-state index contributed by atoms with van der Waals surface area (Å²) in [6.45, 7) is 9.03. The van der Waals surface area contributed by atoms with Crippen LogP contribution in [0.1, 0.15) is 59.8 Å². The van der Waals surface area contributed by atoms with Crippen LogP contribution in [0.15, 0.2) is 0 Å². The van der Waals surface area contributed by atoms with Crippen molar-refractivity contribution < 1.29 is 0 Å². The van der Waals surface area contributed by atoms with Crippen LogP contribution in [-0.2, 0) is 0 Å². The van der Waals surface area contributed by atoms with Crippen molar-refractivity contribution in [3.8, 4) is 0 Å². The van der Waals surface area contributed by atoms with Crippen LogP contribution in [0.3, 0.4) is 0 Å². The van der Waals surface area contributed by atoms with Crippen LogP contribution in [0.4, 0.5) is 0 Å². The molecular weight excluding hydrogens is 158 g/mol. The maximum atomic E-state index is 5.98. The van der Waals surface area contributed by atoms with E-state index in [9.17, 15) is 0 Å². The van der Waals surface area contributed by atoms with E-state index in [0.717, 1.165) is 5.92 Å². The van der Waals surface area contributed by atoms with Gasteiger partial charge >= 0.3 is 0 Å². The Morgan fingerprint density at radius 2 is 1.62 bits per heavy atom. The molecule has 0 bridgehead atoms. The second-order valence-electron chi connectivity index (χ2n) is 4.73. The van der Waals surface area contributed by atoms with Gasteiger partial charge in [-0.1, -0.05) is 53.4 Å². The fourth-order valence-electron chi connectivity index (χ4n) is 1.67. The lowest BCUT2D eigenvalue weighted by atomic mass is 9.94. The van der Waals surface area contributed by atoms with Gasteiger partial charge in [-0.05, 0) is 18.3 Å². The van der Waals surface area contributed by atoms with Gasteiger partial charge in [0.05, 0.1) is 0 Å². The molecule has 80 valence electrons. The highest BCUT2D eigenvalue weighted by atomic mass is 14.6. The van der Waals surface area contributed by atoms with Crippen molar-refractivity contribution in [3.63, 3.8) is 0 Å². The zero-order valence-electron chi connectivity index (χ0n) is 9.84. The average molecular weight is 185 g/mol. The minimum absolute atomic E-state index is 0.411. The van der Waals surface area contributed by atoms with Gasteiger partial charge in [-0.3, -0.25) is 0 Å². The predicted octanol–water partition coefficient (Wildman–Crippen LogP) is 3.58. The minimum atomic E-state index is 0.411. The second-order valence-corrected chi connectivity index (χ2v) is 4.73. The van der Waals surface area contributed by atoms with Crippen molar-refractivity contribution in [1.29, 1.82) is 0 Å². The Morgan fingerprint density at radius 3 is 2.08 bits per heavy atom. The van der Waals surface area contributed by atoms with Crippen LogP contribution in [0, 0.1) is 11.8 Å². The van der Waals surface area contributed by atoms with Crippen molar-refractivity contribution in [2.75, 3.05) is 0 Å². The lowest BCUT2D eigenvalue weighted by Gasteiger charge is -2.16. The Kier molecular flexibility index (Phi) is 7.35. The van der Waals surface area contributed by atoms with E-state index in [1.54, 1.807) is 0 Å². The fourth-order valence-corrected chi connectivity index (χ4v) is 1.67. The van der Waals surface area contributed by atoms with Gasteiger partial charge in [0.1, 0.15) is 0 Å². The molecule has 0 aromatic rings. The van der Waals surface area contributed by atoms with Gasteiger partial charge in [-0.2, -0.15) is 0 Å². The van der Waals surface area contributed by atoms with E-state index in [2.05, 4.69) is 27.7 Å². The molecule has 13 heavy (non-hydrogen) atoms. The average Bonchev–Trinajstić information content (AvgIpc) is 2.04. The summed E-state index contributed by atoms with van der Waals surface area (Å²) in [6, 6.07) is 0.411. The van der Waals surface area contributed by atoms with Gasteiger partial charge < -0.3 is 5.73 Å². The number of hydrogen-bond donors (Lipinski definition) is 1. The molecule has 0 aliphatic heterocycles. The summed E-state index contributed by atoms with van der Waals surface area (Å²) in [7, 11) is 0. The summed E-state index contributed by atoms with van der Waals surface area (Å²) < 4.78 is 0. The number of nitrogens with two attached hydrogens (primary N) is 1. The van der Waals surface area contributed by atoms with E-state index in [0.29, 0.717) is 12.0 Å². The Bertz CT molecular complexity index is 110. The first-order valence-corrected chi connectivity index (χ1v) is 5.83. The summed E-state index contributed by atoms with van der Waals surface area (Å²) in [5.41, 5.74) is 5.98. The third kappa shape index (κ3) is 7.06. The molecule has 1 nitrogen and oxygen atoms in total. The summed E-state index contributed by atoms with van der Waals surface area (Å²) >= 11 is 0. The van der Waals surface area contributed by atoms with Gasteiger partial charge in [0.2, 0.25) is 0 Å². The molecule has 2 N–H and O–H groups in total. The predicted molar refractivity (Wildman–Crippen MR) is 60.7 cm³/mol. The first-order valence-electron chi connectivity index (χ1n) is 5.83. The van der Waals surface area contributed by atoms with Gasteiger partial charge in [-0.15, -0.1) is 0 Å². The van der Waals surface area contributed by atoms with E-state index >= 15 is 0 Å². The topological polar surface area (TPSA) is 26.0 Å².